The standard InChI is InChI=1S/C13H23N3O2S/c1-5-12-16-11(7-19-12)10(4)15-13(18)14-9(3)8(2)6-17/h7-10,17H,5-6H2,1-4H3,(H2,14,15,18). The first kappa shape index (κ1) is 15.9. The highest BCUT2D eigenvalue weighted by molar-refractivity contribution is 7.09. The van der Waals surface area contributed by atoms with Crippen molar-refractivity contribution < 1.29 is 9.90 Å². The maximum absolute atomic E-state index is 11.8. The van der Waals surface area contributed by atoms with E-state index in [1.165, 1.54) is 0 Å². The zero-order valence-corrected chi connectivity index (χ0v) is 12.8. The highest BCUT2D eigenvalue weighted by Gasteiger charge is 2.16. The van der Waals surface area contributed by atoms with Crippen LogP contribution in [0.2, 0.25) is 0 Å². The molecule has 0 aliphatic heterocycles. The van der Waals surface area contributed by atoms with Crippen LogP contribution in [-0.2, 0) is 6.42 Å². The van der Waals surface area contributed by atoms with Gasteiger partial charge in [0, 0.05) is 18.0 Å². The zero-order valence-electron chi connectivity index (χ0n) is 11.9. The molecule has 0 aliphatic rings. The van der Waals surface area contributed by atoms with E-state index in [2.05, 4.69) is 22.5 Å². The quantitative estimate of drug-likeness (QED) is 0.749. The number of hydrogen-bond donors (Lipinski definition) is 3. The lowest BCUT2D eigenvalue weighted by Crippen LogP contribution is -2.45. The van der Waals surface area contributed by atoms with E-state index in [0.717, 1.165) is 17.1 Å². The molecule has 3 atom stereocenters. The normalized spacial score (nSPS) is 15.6. The van der Waals surface area contributed by atoms with Crippen molar-refractivity contribution in [3.8, 4) is 0 Å². The summed E-state index contributed by atoms with van der Waals surface area (Å²) in [6.07, 6.45) is 0.911. The molecule has 1 aromatic heterocycles. The van der Waals surface area contributed by atoms with Gasteiger partial charge >= 0.3 is 6.03 Å². The second kappa shape index (κ2) is 7.45. The Kier molecular flexibility index (Phi) is 6.24. The maximum Gasteiger partial charge on any atom is 0.315 e. The molecule has 1 rings (SSSR count). The van der Waals surface area contributed by atoms with E-state index in [1.54, 1.807) is 11.3 Å². The Morgan fingerprint density at radius 1 is 1.42 bits per heavy atom. The molecule has 0 saturated carbocycles. The Morgan fingerprint density at radius 3 is 2.63 bits per heavy atom. The molecular weight excluding hydrogens is 262 g/mol. The van der Waals surface area contributed by atoms with Crippen molar-refractivity contribution in [3.63, 3.8) is 0 Å². The van der Waals surface area contributed by atoms with Gasteiger partial charge in [-0.2, -0.15) is 0 Å². The number of rotatable bonds is 6. The number of thiazole rings is 1. The van der Waals surface area contributed by atoms with Crippen molar-refractivity contribution in [3.05, 3.63) is 16.1 Å². The van der Waals surface area contributed by atoms with E-state index in [-0.39, 0.29) is 30.6 Å². The smallest absolute Gasteiger partial charge is 0.315 e. The van der Waals surface area contributed by atoms with Crippen molar-refractivity contribution >= 4 is 17.4 Å². The molecule has 0 radical (unpaired) electrons. The van der Waals surface area contributed by atoms with Gasteiger partial charge < -0.3 is 15.7 Å². The fourth-order valence-corrected chi connectivity index (χ4v) is 2.34. The number of aliphatic hydroxyl groups excluding tert-OH is 1. The summed E-state index contributed by atoms with van der Waals surface area (Å²) >= 11 is 1.61. The fraction of sp³-hybridized carbons (Fsp3) is 0.692. The minimum atomic E-state index is -0.230. The lowest BCUT2D eigenvalue weighted by molar-refractivity contribution is 0.199. The molecule has 1 heterocycles. The largest absolute Gasteiger partial charge is 0.396 e. The predicted molar refractivity (Wildman–Crippen MR) is 77.3 cm³/mol. The number of carbonyl (C=O) groups is 1. The average molecular weight is 285 g/mol. The molecule has 0 fully saturated rings. The van der Waals surface area contributed by atoms with Crippen molar-refractivity contribution in [2.24, 2.45) is 5.92 Å². The van der Waals surface area contributed by atoms with Crippen LogP contribution in [0.4, 0.5) is 4.79 Å². The Balaban J connectivity index is 2.47. The molecule has 108 valence electrons. The fourth-order valence-electron chi connectivity index (χ4n) is 1.51. The van der Waals surface area contributed by atoms with Gasteiger partial charge in [0.25, 0.3) is 0 Å². The van der Waals surface area contributed by atoms with Crippen LogP contribution in [0, 0.1) is 5.92 Å². The number of aliphatic hydroxyl groups is 1. The SMILES string of the molecule is CCc1nc(C(C)NC(=O)NC(C)C(C)CO)cs1. The van der Waals surface area contributed by atoms with Crippen LogP contribution in [0.25, 0.3) is 0 Å². The van der Waals surface area contributed by atoms with E-state index < -0.39 is 0 Å². The van der Waals surface area contributed by atoms with Crippen molar-refractivity contribution in [2.45, 2.75) is 46.2 Å². The molecule has 6 heteroatoms. The van der Waals surface area contributed by atoms with Gasteiger partial charge in [-0.05, 0) is 26.2 Å². The Morgan fingerprint density at radius 2 is 2.11 bits per heavy atom. The third kappa shape index (κ3) is 4.80. The third-order valence-corrected chi connectivity index (χ3v) is 4.17. The lowest BCUT2D eigenvalue weighted by Gasteiger charge is -2.21. The highest BCUT2D eigenvalue weighted by Crippen LogP contribution is 2.16. The molecule has 0 aromatic carbocycles. The van der Waals surface area contributed by atoms with Gasteiger partial charge in [-0.1, -0.05) is 13.8 Å². The molecule has 0 saturated heterocycles. The topological polar surface area (TPSA) is 74.2 Å². The van der Waals surface area contributed by atoms with E-state index >= 15 is 0 Å². The monoisotopic (exact) mass is 285 g/mol. The van der Waals surface area contributed by atoms with Crippen LogP contribution in [0.3, 0.4) is 0 Å². The minimum Gasteiger partial charge on any atom is -0.396 e. The Bertz CT molecular complexity index is 408. The van der Waals surface area contributed by atoms with Crippen LogP contribution in [0.1, 0.15) is 44.4 Å². The Labute approximate surface area is 118 Å². The van der Waals surface area contributed by atoms with Gasteiger partial charge in [0.2, 0.25) is 0 Å². The molecule has 0 bridgehead atoms. The Hall–Kier alpha value is -1.14. The lowest BCUT2D eigenvalue weighted by atomic mass is 10.1. The van der Waals surface area contributed by atoms with Crippen molar-refractivity contribution in [1.29, 1.82) is 0 Å². The number of nitrogens with zero attached hydrogens (tertiary/aromatic N) is 1. The minimum absolute atomic E-state index is 0.0343. The number of nitrogens with one attached hydrogen (secondary N) is 2. The number of amides is 2. The number of urea groups is 1. The molecular formula is C13H23N3O2S. The van der Waals surface area contributed by atoms with Crippen LogP contribution >= 0.6 is 11.3 Å². The molecule has 19 heavy (non-hydrogen) atoms. The van der Waals surface area contributed by atoms with E-state index in [4.69, 9.17) is 5.11 Å². The number of aromatic nitrogens is 1. The summed E-state index contributed by atoms with van der Waals surface area (Å²) in [5.41, 5.74) is 0.889. The van der Waals surface area contributed by atoms with Gasteiger partial charge in [0.1, 0.15) is 0 Å². The second-order valence-corrected chi connectivity index (χ2v) is 5.75. The molecule has 1 aromatic rings. The van der Waals surface area contributed by atoms with E-state index in [1.807, 2.05) is 26.2 Å². The number of hydrogen-bond acceptors (Lipinski definition) is 4. The van der Waals surface area contributed by atoms with Gasteiger partial charge in [-0.25, -0.2) is 9.78 Å². The molecule has 0 aliphatic carbocycles. The van der Waals surface area contributed by atoms with Gasteiger partial charge in [0.05, 0.1) is 16.7 Å². The summed E-state index contributed by atoms with van der Waals surface area (Å²) in [5, 5.41) is 17.8. The molecule has 2 amide bonds. The van der Waals surface area contributed by atoms with Crippen LogP contribution in [0.5, 0.6) is 0 Å². The predicted octanol–water partition coefficient (Wildman–Crippen LogP) is 2.08. The zero-order chi connectivity index (χ0) is 14.4. The molecule has 3 unspecified atom stereocenters. The molecule has 3 N–H and O–H groups in total. The third-order valence-electron chi connectivity index (χ3n) is 3.16. The van der Waals surface area contributed by atoms with Gasteiger partial charge in [0.15, 0.2) is 0 Å². The van der Waals surface area contributed by atoms with Crippen LogP contribution in [-0.4, -0.2) is 28.8 Å². The number of carbonyl (C=O) groups excluding carboxylic acids is 1. The summed E-state index contributed by atoms with van der Waals surface area (Å²) in [6.45, 7) is 7.80. The van der Waals surface area contributed by atoms with E-state index in [9.17, 15) is 4.79 Å². The summed E-state index contributed by atoms with van der Waals surface area (Å²) in [7, 11) is 0. The second-order valence-electron chi connectivity index (χ2n) is 4.81. The first-order valence-electron chi connectivity index (χ1n) is 6.60. The maximum atomic E-state index is 11.8. The van der Waals surface area contributed by atoms with E-state index in [0.29, 0.717) is 0 Å². The first-order chi connectivity index (χ1) is 8.97. The summed E-state index contributed by atoms with van der Waals surface area (Å²) in [6, 6.07) is -0.418. The highest BCUT2D eigenvalue weighted by atomic mass is 32.1. The average Bonchev–Trinajstić information content (AvgIpc) is 2.86. The summed E-state index contributed by atoms with van der Waals surface area (Å²) in [5.74, 6) is 0.0343. The number of aryl methyl sites for hydroxylation is 1. The summed E-state index contributed by atoms with van der Waals surface area (Å²) < 4.78 is 0. The van der Waals surface area contributed by atoms with Gasteiger partial charge in [-0.15, -0.1) is 11.3 Å². The van der Waals surface area contributed by atoms with Crippen LogP contribution < -0.4 is 10.6 Å². The summed E-state index contributed by atoms with van der Waals surface area (Å²) in [4.78, 5) is 16.3. The van der Waals surface area contributed by atoms with Crippen molar-refractivity contribution in [2.75, 3.05) is 6.61 Å². The first-order valence-corrected chi connectivity index (χ1v) is 7.48. The molecule has 0 spiro atoms. The molecule has 5 nitrogen and oxygen atoms in total. The van der Waals surface area contributed by atoms with Gasteiger partial charge in [-0.3, -0.25) is 0 Å². The van der Waals surface area contributed by atoms with Crippen molar-refractivity contribution in [1.82, 2.24) is 15.6 Å². The van der Waals surface area contributed by atoms with Crippen LogP contribution in [0.15, 0.2) is 5.38 Å².